The summed E-state index contributed by atoms with van der Waals surface area (Å²) in [5.41, 5.74) is 2.87. The van der Waals surface area contributed by atoms with Gasteiger partial charge in [-0.1, -0.05) is 61.0 Å². The molecule has 3 heterocycles. The number of amides is 1. The Kier molecular flexibility index (Phi) is 11.9. The number of carbonyl (C=O) groups is 2. The van der Waals surface area contributed by atoms with Gasteiger partial charge in [0.25, 0.3) is 0 Å². The van der Waals surface area contributed by atoms with Gasteiger partial charge in [-0.25, -0.2) is 4.98 Å². The van der Waals surface area contributed by atoms with E-state index in [-0.39, 0.29) is 36.4 Å². The summed E-state index contributed by atoms with van der Waals surface area (Å²) in [6.45, 7) is 4.02. The van der Waals surface area contributed by atoms with Crippen LogP contribution in [0.15, 0.2) is 54.6 Å². The third-order valence-electron chi connectivity index (χ3n) is 10.3. The molecule has 4 aromatic rings. The van der Waals surface area contributed by atoms with Gasteiger partial charge in [0.2, 0.25) is 23.5 Å². The maximum absolute atomic E-state index is 14.5. The second kappa shape index (κ2) is 16.4. The summed E-state index contributed by atoms with van der Waals surface area (Å²) in [6, 6.07) is 16.0. The molecule has 292 valence electrons. The first kappa shape index (κ1) is 39.8. The van der Waals surface area contributed by atoms with Crippen molar-refractivity contribution in [2.45, 2.75) is 82.9 Å². The van der Waals surface area contributed by atoms with Gasteiger partial charge >= 0.3 is 12.1 Å². The molecule has 0 unspecified atom stereocenters. The van der Waals surface area contributed by atoms with E-state index < -0.39 is 35.2 Å². The van der Waals surface area contributed by atoms with E-state index in [1.807, 2.05) is 48.5 Å². The van der Waals surface area contributed by atoms with E-state index in [4.69, 9.17) is 30.8 Å². The molecule has 6 rings (SSSR count). The number of benzene rings is 2. The zero-order chi connectivity index (χ0) is 39.5. The number of methoxy groups -OCH3 is 2. The number of rotatable bonds is 15. The molecule has 4 N–H and O–H groups in total. The molecule has 0 spiro atoms. The molecule has 55 heavy (non-hydrogen) atoms. The first-order valence-corrected chi connectivity index (χ1v) is 18.4. The number of fused-ring (bicyclic) bond motifs is 1. The normalized spacial score (nSPS) is 17.7. The fourth-order valence-electron chi connectivity index (χ4n) is 6.97. The molecule has 0 saturated carbocycles. The van der Waals surface area contributed by atoms with Gasteiger partial charge in [-0.05, 0) is 61.4 Å². The summed E-state index contributed by atoms with van der Waals surface area (Å²) >= 11 is 7.10. The van der Waals surface area contributed by atoms with Crippen molar-refractivity contribution in [3.63, 3.8) is 0 Å². The van der Waals surface area contributed by atoms with Gasteiger partial charge in [-0.3, -0.25) is 14.9 Å². The molecule has 1 aliphatic carbocycles. The average Bonchev–Trinajstić information content (AvgIpc) is 3.78. The van der Waals surface area contributed by atoms with E-state index in [0.29, 0.717) is 60.1 Å². The molecule has 3 atom stereocenters. The van der Waals surface area contributed by atoms with Crippen LogP contribution < -0.4 is 30.2 Å². The summed E-state index contributed by atoms with van der Waals surface area (Å²) < 4.78 is 60.5. The topological polar surface area (TPSA) is 144 Å². The van der Waals surface area contributed by atoms with E-state index in [1.54, 1.807) is 14.0 Å². The number of hydrogen-bond donors (Lipinski definition) is 4. The lowest BCUT2D eigenvalue weighted by Crippen LogP contribution is -2.48. The number of ether oxygens (including phenoxy) is 3. The molecule has 2 aromatic carbocycles. The number of halogens is 4. The number of carbonyl (C=O) groups excluding carboxylic acids is 1. The minimum atomic E-state index is -4.82. The Balaban J connectivity index is 1.25. The molecule has 1 amide bonds. The summed E-state index contributed by atoms with van der Waals surface area (Å²) in [4.78, 5) is 32.2. The van der Waals surface area contributed by atoms with Crippen molar-refractivity contribution >= 4 is 23.5 Å². The molecule has 1 saturated heterocycles. The number of hydrogen-bond acceptors (Lipinski definition) is 9. The lowest BCUT2D eigenvalue weighted by atomic mass is 9.94. The largest absolute Gasteiger partial charge is 0.481 e. The van der Waals surface area contributed by atoms with Gasteiger partial charge in [0, 0.05) is 54.4 Å². The van der Waals surface area contributed by atoms with Crippen LogP contribution in [0.3, 0.4) is 0 Å². The summed E-state index contributed by atoms with van der Waals surface area (Å²) in [7, 11) is 2.84. The van der Waals surface area contributed by atoms with E-state index >= 15 is 0 Å². The van der Waals surface area contributed by atoms with Crippen molar-refractivity contribution in [3.8, 4) is 40.0 Å². The number of carboxylic acids is 1. The number of nitrogens with one attached hydrogen (secondary N) is 3. The Morgan fingerprint density at radius 2 is 1.65 bits per heavy atom. The van der Waals surface area contributed by atoms with Gasteiger partial charge in [0.1, 0.15) is 17.2 Å². The molecule has 1 fully saturated rings. The Hall–Kier alpha value is -4.92. The molecule has 0 bridgehead atoms. The maximum Gasteiger partial charge on any atom is 0.421 e. The third-order valence-corrected chi connectivity index (χ3v) is 10.7. The van der Waals surface area contributed by atoms with E-state index in [0.717, 1.165) is 34.7 Å². The van der Waals surface area contributed by atoms with Crippen molar-refractivity contribution in [2.24, 2.45) is 0 Å². The molecule has 2 aliphatic rings. The monoisotopic (exact) mass is 781 g/mol. The Morgan fingerprint density at radius 3 is 2.33 bits per heavy atom. The van der Waals surface area contributed by atoms with Crippen LogP contribution in [0.1, 0.15) is 73.5 Å². The molecule has 1 aliphatic heterocycles. The van der Waals surface area contributed by atoms with Crippen LogP contribution in [0, 0.1) is 0 Å². The lowest BCUT2D eigenvalue weighted by Gasteiger charge is -2.26. The van der Waals surface area contributed by atoms with E-state index in [9.17, 15) is 27.9 Å². The average molecular weight is 782 g/mol. The fraction of sp³-hybridized carbons (Fsp3) is 0.400. The second-order valence-corrected chi connectivity index (χ2v) is 14.2. The lowest BCUT2D eigenvalue weighted by molar-refractivity contribution is -0.144. The Bertz CT molecular complexity index is 2080. The molecular weight excluding hydrogens is 739 g/mol. The minimum Gasteiger partial charge on any atom is -0.481 e. The van der Waals surface area contributed by atoms with Crippen LogP contribution >= 0.6 is 11.6 Å². The van der Waals surface area contributed by atoms with Gasteiger partial charge in [0.15, 0.2) is 0 Å². The first-order valence-electron chi connectivity index (χ1n) is 18.0. The second-order valence-electron chi connectivity index (χ2n) is 13.8. The fourth-order valence-corrected chi connectivity index (χ4v) is 7.29. The summed E-state index contributed by atoms with van der Waals surface area (Å²) in [5, 5.41) is 19.2. The molecule has 0 radical (unpaired) electrons. The maximum atomic E-state index is 14.5. The number of carboxylic acid groups (broad SMARTS) is 1. The molecule has 2 aromatic heterocycles. The van der Waals surface area contributed by atoms with Gasteiger partial charge in [-0.2, -0.15) is 18.2 Å². The highest BCUT2D eigenvalue weighted by molar-refractivity contribution is 6.36. The molecular formula is C40H43ClF3N5O6. The van der Waals surface area contributed by atoms with Gasteiger partial charge in [0.05, 0.1) is 24.9 Å². The van der Waals surface area contributed by atoms with Gasteiger partial charge in [-0.15, -0.1) is 0 Å². The van der Waals surface area contributed by atoms with Crippen LogP contribution in [-0.4, -0.2) is 59.3 Å². The number of nitrogens with zero attached hydrogens (tertiary/aromatic N) is 2. The van der Waals surface area contributed by atoms with Crippen LogP contribution in [0.2, 0.25) is 5.02 Å². The Morgan fingerprint density at radius 1 is 0.945 bits per heavy atom. The zero-order valence-electron chi connectivity index (χ0n) is 30.9. The van der Waals surface area contributed by atoms with Crippen molar-refractivity contribution < 1.29 is 42.1 Å². The smallest absolute Gasteiger partial charge is 0.421 e. The third kappa shape index (κ3) is 8.51. The number of alkyl halides is 3. The highest BCUT2D eigenvalue weighted by Crippen LogP contribution is 2.46. The predicted molar refractivity (Wildman–Crippen MR) is 200 cm³/mol. The van der Waals surface area contributed by atoms with Crippen LogP contribution in [0.25, 0.3) is 22.4 Å². The number of aliphatic carboxylic acids is 1. The van der Waals surface area contributed by atoms with Crippen LogP contribution in [0.4, 0.5) is 13.2 Å². The highest BCUT2D eigenvalue weighted by atomic mass is 35.5. The number of pyridine rings is 2. The van der Waals surface area contributed by atoms with Crippen molar-refractivity contribution in [3.05, 3.63) is 87.4 Å². The summed E-state index contributed by atoms with van der Waals surface area (Å²) in [6.07, 6.45) is -3.13. The standard InChI is InChI=1S/C40H43ClF3N5O6/c1-5-39(2,38(51)52)46-20-23-18-30(40(42,43)44)37(49-36(23)54-4)55-32-16-14-26-25(8-6-9-27(26)32)28-10-7-11-29(34(28)41)31-15-12-22(35(48-31)53-3)19-45-21-24-13-17-33(50)47-24/h6-12,15,18,24,32,45-46H,5,13-14,16-17,19-21H2,1-4H3,(H,47,50)(H,51,52)/t24-,32-,39+/m0/s1. The summed E-state index contributed by atoms with van der Waals surface area (Å²) in [5.74, 6) is -1.36. The van der Waals surface area contributed by atoms with Crippen LogP contribution in [0.5, 0.6) is 17.6 Å². The van der Waals surface area contributed by atoms with E-state index in [1.165, 1.54) is 14.0 Å². The van der Waals surface area contributed by atoms with E-state index in [2.05, 4.69) is 20.9 Å². The van der Waals surface area contributed by atoms with Crippen molar-refractivity contribution in [2.75, 3.05) is 20.8 Å². The van der Waals surface area contributed by atoms with Crippen LogP contribution in [-0.2, 0) is 35.3 Å². The predicted octanol–water partition coefficient (Wildman–Crippen LogP) is 7.28. The number of aromatic nitrogens is 2. The van der Waals surface area contributed by atoms with Crippen molar-refractivity contribution in [1.82, 2.24) is 25.9 Å². The first-order chi connectivity index (χ1) is 26.3. The Labute approximate surface area is 322 Å². The van der Waals surface area contributed by atoms with Gasteiger partial charge < -0.3 is 30.0 Å². The zero-order valence-corrected chi connectivity index (χ0v) is 31.7. The van der Waals surface area contributed by atoms with Crippen molar-refractivity contribution in [1.29, 1.82) is 0 Å². The molecule has 15 heteroatoms. The SMILES string of the molecule is CC[C@@](C)(NCc1cc(C(F)(F)F)c(O[C@H]2CCc3c(-c4cccc(-c5ccc(CNC[C@@H]6CCC(=O)N6)c(OC)n5)c4Cl)cccc32)nc1OC)C(=O)O. The highest BCUT2D eigenvalue weighted by Gasteiger charge is 2.39. The minimum absolute atomic E-state index is 0.0424. The molecule has 11 nitrogen and oxygen atoms in total. The quantitative estimate of drug-likeness (QED) is 0.0972.